The van der Waals surface area contributed by atoms with Crippen LogP contribution in [0.3, 0.4) is 0 Å². The molecule has 0 atom stereocenters. The van der Waals surface area contributed by atoms with Crippen molar-refractivity contribution in [2.75, 3.05) is 20.8 Å². The van der Waals surface area contributed by atoms with E-state index in [0.717, 1.165) is 11.3 Å². The van der Waals surface area contributed by atoms with Crippen LogP contribution in [0.5, 0.6) is 5.75 Å². The van der Waals surface area contributed by atoms with Crippen LogP contribution in [0.2, 0.25) is 0 Å². The molecule has 0 spiro atoms. The molecule has 0 amide bonds. The van der Waals surface area contributed by atoms with Crippen molar-refractivity contribution >= 4 is 12.4 Å². The van der Waals surface area contributed by atoms with Gasteiger partial charge in [0, 0.05) is 5.56 Å². The van der Waals surface area contributed by atoms with Gasteiger partial charge in [-0.05, 0) is 32.3 Å². The van der Waals surface area contributed by atoms with Crippen molar-refractivity contribution in [2.45, 2.75) is 0 Å². The van der Waals surface area contributed by atoms with Crippen LogP contribution in [-0.4, -0.2) is 32.0 Å². The Labute approximate surface area is 90.0 Å². The van der Waals surface area contributed by atoms with Crippen molar-refractivity contribution in [3.8, 4) is 5.75 Å². The maximum Gasteiger partial charge on any atom is 0.225 e. The first-order valence-electron chi connectivity index (χ1n) is 4.65. The lowest BCUT2D eigenvalue weighted by atomic mass is 10.2. The molecule has 0 saturated heterocycles. The van der Waals surface area contributed by atoms with Crippen molar-refractivity contribution < 1.29 is 9.53 Å². The zero-order valence-electron chi connectivity index (χ0n) is 8.93. The summed E-state index contributed by atoms with van der Waals surface area (Å²) in [7, 11) is 3.86. The van der Waals surface area contributed by atoms with Gasteiger partial charge in [-0.15, -0.1) is 0 Å². The van der Waals surface area contributed by atoms with Gasteiger partial charge in [-0.1, -0.05) is 18.2 Å². The second kappa shape index (κ2) is 5.98. The molecule has 1 aromatic rings. The second-order valence-corrected chi connectivity index (χ2v) is 3.34. The van der Waals surface area contributed by atoms with Gasteiger partial charge in [-0.3, -0.25) is 9.69 Å². The Bertz CT molecular complexity index is 345. The first-order chi connectivity index (χ1) is 7.24. The first-order valence-corrected chi connectivity index (χ1v) is 4.65. The SMILES string of the molecule is CN(C)COc1ccccc1/C=C/[C]=O. The molecular weight excluding hydrogens is 190 g/mol. The van der Waals surface area contributed by atoms with Crippen LogP contribution in [-0.2, 0) is 4.79 Å². The van der Waals surface area contributed by atoms with E-state index in [0.29, 0.717) is 6.73 Å². The quantitative estimate of drug-likeness (QED) is 0.540. The number of para-hydroxylation sites is 1. The van der Waals surface area contributed by atoms with Crippen LogP contribution in [0, 0.1) is 0 Å². The number of ether oxygens (including phenoxy) is 1. The summed E-state index contributed by atoms with van der Waals surface area (Å²) < 4.78 is 5.54. The molecule has 0 heterocycles. The van der Waals surface area contributed by atoms with Crippen molar-refractivity contribution in [2.24, 2.45) is 0 Å². The number of allylic oxidation sites excluding steroid dienone is 1. The minimum absolute atomic E-state index is 0.510. The van der Waals surface area contributed by atoms with Crippen LogP contribution in [0.1, 0.15) is 5.56 Å². The summed E-state index contributed by atoms with van der Waals surface area (Å²) in [6.07, 6.45) is 4.72. The van der Waals surface area contributed by atoms with E-state index in [1.165, 1.54) is 6.08 Å². The van der Waals surface area contributed by atoms with Crippen LogP contribution >= 0.6 is 0 Å². The summed E-state index contributed by atoms with van der Waals surface area (Å²) in [4.78, 5) is 12.0. The largest absolute Gasteiger partial charge is 0.478 e. The molecule has 0 aliphatic rings. The van der Waals surface area contributed by atoms with Crippen LogP contribution in [0.4, 0.5) is 0 Å². The smallest absolute Gasteiger partial charge is 0.225 e. The molecule has 0 aliphatic heterocycles. The molecule has 0 fully saturated rings. The Kier molecular flexibility index (Phi) is 4.57. The summed E-state index contributed by atoms with van der Waals surface area (Å²) in [6.45, 7) is 0.510. The van der Waals surface area contributed by atoms with Gasteiger partial charge in [-0.2, -0.15) is 0 Å². The minimum Gasteiger partial charge on any atom is -0.478 e. The Morgan fingerprint density at radius 2 is 2.13 bits per heavy atom. The van der Waals surface area contributed by atoms with E-state index in [9.17, 15) is 4.79 Å². The predicted molar refractivity (Wildman–Crippen MR) is 60.4 cm³/mol. The van der Waals surface area contributed by atoms with Crippen molar-refractivity contribution in [3.63, 3.8) is 0 Å². The lowest BCUT2D eigenvalue weighted by Crippen LogP contribution is -2.18. The highest BCUT2D eigenvalue weighted by Crippen LogP contribution is 2.19. The Hall–Kier alpha value is -1.61. The van der Waals surface area contributed by atoms with E-state index in [1.54, 1.807) is 12.4 Å². The monoisotopic (exact) mass is 204 g/mol. The topological polar surface area (TPSA) is 29.5 Å². The molecule has 0 saturated carbocycles. The molecule has 1 aromatic carbocycles. The molecule has 3 nitrogen and oxygen atoms in total. The number of carbonyl (C=O) groups excluding carboxylic acids is 1. The molecule has 0 aliphatic carbocycles. The summed E-state index contributed by atoms with van der Waals surface area (Å²) in [5, 5.41) is 0. The highest BCUT2D eigenvalue weighted by atomic mass is 16.5. The van der Waals surface area contributed by atoms with E-state index in [4.69, 9.17) is 4.74 Å². The second-order valence-electron chi connectivity index (χ2n) is 3.34. The fraction of sp³-hybridized carbons (Fsp3) is 0.250. The van der Waals surface area contributed by atoms with Crippen molar-refractivity contribution in [1.82, 2.24) is 4.90 Å². The third-order valence-corrected chi connectivity index (χ3v) is 1.73. The lowest BCUT2D eigenvalue weighted by Gasteiger charge is -2.13. The zero-order valence-corrected chi connectivity index (χ0v) is 8.93. The average Bonchev–Trinajstić information content (AvgIpc) is 2.24. The fourth-order valence-electron chi connectivity index (χ4n) is 1.07. The van der Waals surface area contributed by atoms with Gasteiger partial charge in [0.2, 0.25) is 6.29 Å². The van der Waals surface area contributed by atoms with Gasteiger partial charge in [0.15, 0.2) is 0 Å². The normalized spacial score (nSPS) is 10.9. The van der Waals surface area contributed by atoms with Crippen LogP contribution < -0.4 is 4.74 Å². The standard InChI is InChI=1S/C12H14NO2/c1-13(2)10-15-12-8-4-3-6-11(12)7-5-9-14/h3-8H,10H2,1-2H3/b7-5+. The van der Waals surface area contributed by atoms with Gasteiger partial charge in [0.05, 0.1) is 0 Å². The van der Waals surface area contributed by atoms with E-state index in [1.807, 2.05) is 43.3 Å². The zero-order chi connectivity index (χ0) is 11.1. The summed E-state index contributed by atoms with van der Waals surface area (Å²) in [5.74, 6) is 0.762. The van der Waals surface area contributed by atoms with E-state index in [2.05, 4.69) is 0 Å². The number of rotatable bonds is 5. The molecule has 3 heteroatoms. The fourth-order valence-corrected chi connectivity index (χ4v) is 1.07. The minimum atomic E-state index is 0.510. The molecule has 0 aromatic heterocycles. The Morgan fingerprint density at radius 1 is 1.40 bits per heavy atom. The Balaban J connectivity index is 2.76. The van der Waals surface area contributed by atoms with Crippen molar-refractivity contribution in [3.05, 3.63) is 35.9 Å². The molecule has 0 unspecified atom stereocenters. The maximum absolute atomic E-state index is 10.1. The third kappa shape index (κ3) is 3.95. The molecule has 79 valence electrons. The molecule has 1 rings (SSSR count). The first kappa shape index (κ1) is 11.5. The highest BCUT2D eigenvalue weighted by molar-refractivity contribution is 5.75. The number of hydrogen-bond acceptors (Lipinski definition) is 3. The number of hydrogen-bond donors (Lipinski definition) is 0. The lowest BCUT2D eigenvalue weighted by molar-refractivity contribution is 0.179. The summed E-state index contributed by atoms with van der Waals surface area (Å²) in [6, 6.07) is 7.55. The Morgan fingerprint density at radius 3 is 2.80 bits per heavy atom. The number of nitrogens with zero attached hydrogens (tertiary/aromatic N) is 1. The van der Waals surface area contributed by atoms with E-state index < -0.39 is 0 Å². The van der Waals surface area contributed by atoms with Gasteiger partial charge >= 0.3 is 0 Å². The maximum atomic E-state index is 10.1. The van der Waals surface area contributed by atoms with E-state index in [-0.39, 0.29) is 0 Å². The molecule has 1 radical (unpaired) electrons. The molecule has 0 N–H and O–H groups in total. The van der Waals surface area contributed by atoms with Gasteiger partial charge in [0.1, 0.15) is 12.5 Å². The molecule has 15 heavy (non-hydrogen) atoms. The summed E-state index contributed by atoms with van der Waals surface area (Å²) in [5.41, 5.74) is 0.878. The molecular formula is C12H14NO2. The number of benzene rings is 1. The van der Waals surface area contributed by atoms with E-state index >= 15 is 0 Å². The average molecular weight is 204 g/mol. The van der Waals surface area contributed by atoms with Crippen LogP contribution in [0.25, 0.3) is 6.08 Å². The van der Waals surface area contributed by atoms with Gasteiger partial charge < -0.3 is 4.74 Å². The van der Waals surface area contributed by atoms with Crippen LogP contribution in [0.15, 0.2) is 30.3 Å². The predicted octanol–water partition coefficient (Wildman–Crippen LogP) is 1.71. The third-order valence-electron chi connectivity index (χ3n) is 1.73. The van der Waals surface area contributed by atoms with Crippen molar-refractivity contribution in [1.29, 1.82) is 0 Å². The summed E-state index contributed by atoms with van der Waals surface area (Å²) >= 11 is 0. The van der Waals surface area contributed by atoms with Gasteiger partial charge in [0.25, 0.3) is 0 Å². The molecule has 0 bridgehead atoms. The highest BCUT2D eigenvalue weighted by Gasteiger charge is 1.99. The van der Waals surface area contributed by atoms with Gasteiger partial charge in [-0.25, -0.2) is 0 Å².